The Balaban J connectivity index is 2.37. The molecule has 0 aliphatic heterocycles. The normalized spacial score (nSPS) is 12.1. The number of pyridine rings is 1. The van der Waals surface area contributed by atoms with Crippen molar-refractivity contribution in [1.82, 2.24) is 4.98 Å². The molecule has 25 heavy (non-hydrogen) atoms. The van der Waals surface area contributed by atoms with Crippen molar-refractivity contribution in [2.45, 2.75) is 29.8 Å². The van der Waals surface area contributed by atoms with Gasteiger partial charge in [0.05, 0.1) is 12.2 Å². The minimum absolute atomic E-state index is 0.0876. The van der Waals surface area contributed by atoms with Gasteiger partial charge >= 0.3 is 12.1 Å². The molecular formula is C18H16F3NO2S. The molecular weight excluding hydrogens is 351 g/mol. The molecule has 0 spiro atoms. The minimum atomic E-state index is -4.50. The fourth-order valence-corrected chi connectivity index (χ4v) is 2.97. The lowest BCUT2D eigenvalue weighted by Gasteiger charge is -2.13. The maximum Gasteiger partial charge on any atom is 0.417 e. The highest BCUT2D eigenvalue weighted by molar-refractivity contribution is 7.99. The molecule has 0 fully saturated rings. The zero-order valence-electron chi connectivity index (χ0n) is 13.6. The number of rotatable bonds is 5. The van der Waals surface area contributed by atoms with Crippen LogP contribution in [0.2, 0.25) is 0 Å². The molecule has 0 saturated heterocycles. The maximum absolute atomic E-state index is 13.4. The Morgan fingerprint density at radius 1 is 1.24 bits per heavy atom. The van der Waals surface area contributed by atoms with Crippen LogP contribution < -0.4 is 0 Å². The third kappa shape index (κ3) is 5.35. The van der Waals surface area contributed by atoms with Crippen LogP contribution in [0.4, 0.5) is 13.2 Å². The van der Waals surface area contributed by atoms with Crippen molar-refractivity contribution in [3.05, 3.63) is 59.4 Å². The van der Waals surface area contributed by atoms with Crippen molar-refractivity contribution in [3.8, 4) is 0 Å². The van der Waals surface area contributed by atoms with Gasteiger partial charge in [-0.3, -0.25) is 4.98 Å². The molecule has 1 aromatic heterocycles. The summed E-state index contributed by atoms with van der Waals surface area (Å²) in [7, 11) is 0. The first kappa shape index (κ1) is 19.1. The van der Waals surface area contributed by atoms with Gasteiger partial charge in [-0.25, -0.2) is 4.79 Å². The van der Waals surface area contributed by atoms with Crippen LogP contribution in [0, 0.1) is 0 Å². The third-order valence-electron chi connectivity index (χ3n) is 3.17. The second-order valence-corrected chi connectivity index (χ2v) is 6.20. The van der Waals surface area contributed by atoms with Crippen molar-refractivity contribution in [2.24, 2.45) is 0 Å². The lowest BCUT2D eigenvalue weighted by Crippen LogP contribution is -2.08. The third-order valence-corrected chi connectivity index (χ3v) is 4.25. The molecule has 0 N–H and O–H groups in total. The largest absolute Gasteiger partial charge is 0.463 e. The van der Waals surface area contributed by atoms with E-state index in [0.717, 1.165) is 17.8 Å². The molecule has 132 valence electrons. The summed E-state index contributed by atoms with van der Waals surface area (Å²) in [4.78, 5) is 16.2. The van der Waals surface area contributed by atoms with Crippen molar-refractivity contribution >= 4 is 23.8 Å². The van der Waals surface area contributed by atoms with Crippen LogP contribution >= 0.6 is 11.8 Å². The molecule has 0 bridgehead atoms. The highest BCUT2D eigenvalue weighted by Crippen LogP contribution is 2.40. The van der Waals surface area contributed by atoms with Gasteiger partial charge in [0.25, 0.3) is 0 Å². The number of alkyl halides is 3. The van der Waals surface area contributed by atoms with Crippen LogP contribution in [0.3, 0.4) is 0 Å². The van der Waals surface area contributed by atoms with Gasteiger partial charge in [0.15, 0.2) is 0 Å². The fraction of sp³-hybridized carbons (Fsp3) is 0.222. The van der Waals surface area contributed by atoms with Gasteiger partial charge in [0.2, 0.25) is 0 Å². The number of esters is 1. The van der Waals surface area contributed by atoms with Gasteiger partial charge < -0.3 is 4.74 Å². The Morgan fingerprint density at radius 2 is 1.92 bits per heavy atom. The average Bonchev–Trinajstić information content (AvgIpc) is 2.56. The van der Waals surface area contributed by atoms with Gasteiger partial charge in [0.1, 0.15) is 0 Å². The topological polar surface area (TPSA) is 39.2 Å². The van der Waals surface area contributed by atoms with E-state index in [-0.39, 0.29) is 22.6 Å². The summed E-state index contributed by atoms with van der Waals surface area (Å²) in [6.07, 6.45) is -0.0734. The average molecular weight is 367 g/mol. The van der Waals surface area contributed by atoms with Gasteiger partial charge in [-0.2, -0.15) is 13.2 Å². The lowest BCUT2D eigenvalue weighted by atomic mass is 10.1. The zero-order chi connectivity index (χ0) is 18.4. The smallest absolute Gasteiger partial charge is 0.417 e. The van der Waals surface area contributed by atoms with Crippen LogP contribution in [-0.4, -0.2) is 17.6 Å². The van der Waals surface area contributed by atoms with E-state index in [9.17, 15) is 18.0 Å². The standard InChI is InChI=1S/C18H16F3NO2S/c1-3-24-17(23)12(2)10-13-4-5-16(15(11-13)18(19,20)21)25-14-6-8-22-9-7-14/h4-11H,3H2,1-2H3. The maximum atomic E-state index is 13.4. The van der Waals surface area contributed by atoms with Gasteiger partial charge in [0, 0.05) is 27.8 Å². The van der Waals surface area contributed by atoms with Crippen LogP contribution in [0.1, 0.15) is 25.0 Å². The lowest BCUT2D eigenvalue weighted by molar-refractivity contribution is -0.140. The highest BCUT2D eigenvalue weighted by Gasteiger charge is 2.33. The van der Waals surface area contributed by atoms with Crippen LogP contribution in [0.15, 0.2) is 58.1 Å². The van der Waals surface area contributed by atoms with Crippen molar-refractivity contribution in [1.29, 1.82) is 0 Å². The van der Waals surface area contributed by atoms with E-state index >= 15 is 0 Å². The fourth-order valence-electron chi connectivity index (χ4n) is 2.04. The van der Waals surface area contributed by atoms with Crippen LogP contribution in [0.5, 0.6) is 0 Å². The van der Waals surface area contributed by atoms with Crippen molar-refractivity contribution in [3.63, 3.8) is 0 Å². The summed E-state index contributed by atoms with van der Waals surface area (Å²) in [5, 5.41) is 0. The molecule has 1 heterocycles. The predicted molar refractivity (Wildman–Crippen MR) is 90.1 cm³/mol. The van der Waals surface area contributed by atoms with E-state index in [0.29, 0.717) is 4.90 Å². The van der Waals surface area contributed by atoms with E-state index < -0.39 is 17.7 Å². The summed E-state index contributed by atoms with van der Waals surface area (Å²) < 4.78 is 45.1. The molecule has 2 aromatic rings. The van der Waals surface area contributed by atoms with Gasteiger partial charge in [-0.15, -0.1) is 0 Å². The van der Waals surface area contributed by atoms with E-state index in [1.165, 1.54) is 31.5 Å². The van der Waals surface area contributed by atoms with E-state index in [1.807, 2.05) is 0 Å². The predicted octanol–water partition coefficient (Wildman–Crippen LogP) is 5.22. The highest BCUT2D eigenvalue weighted by atomic mass is 32.2. The number of hydrogen-bond acceptors (Lipinski definition) is 4. The molecule has 0 unspecified atom stereocenters. The number of aromatic nitrogens is 1. The van der Waals surface area contributed by atoms with E-state index in [1.54, 1.807) is 25.1 Å². The van der Waals surface area contributed by atoms with Gasteiger partial charge in [-0.1, -0.05) is 17.8 Å². The number of hydrogen-bond donors (Lipinski definition) is 0. The van der Waals surface area contributed by atoms with Crippen molar-refractivity contribution in [2.75, 3.05) is 6.61 Å². The first-order valence-electron chi connectivity index (χ1n) is 7.46. The number of carbonyl (C=O) groups is 1. The Labute approximate surface area is 147 Å². The van der Waals surface area contributed by atoms with Gasteiger partial charge in [-0.05, 0) is 49.8 Å². The molecule has 2 rings (SSSR count). The first-order valence-corrected chi connectivity index (χ1v) is 8.27. The molecule has 0 amide bonds. The Kier molecular flexibility index (Phi) is 6.25. The summed E-state index contributed by atoms with van der Waals surface area (Å²) in [5.41, 5.74) is -0.221. The first-order chi connectivity index (χ1) is 11.8. The second-order valence-electron chi connectivity index (χ2n) is 5.09. The minimum Gasteiger partial charge on any atom is -0.463 e. The summed E-state index contributed by atoms with van der Waals surface area (Å²) in [5.74, 6) is -0.550. The number of ether oxygens (including phenoxy) is 1. The van der Waals surface area contributed by atoms with E-state index in [2.05, 4.69) is 4.98 Å². The van der Waals surface area contributed by atoms with Crippen LogP contribution in [0.25, 0.3) is 6.08 Å². The SMILES string of the molecule is CCOC(=O)C(C)=Cc1ccc(Sc2ccncc2)c(C(F)(F)F)c1. The summed E-state index contributed by atoms with van der Waals surface area (Å²) >= 11 is 1.01. The molecule has 0 aliphatic rings. The number of benzene rings is 1. The molecule has 0 aliphatic carbocycles. The molecule has 0 saturated carbocycles. The Morgan fingerprint density at radius 3 is 2.52 bits per heavy atom. The molecule has 3 nitrogen and oxygen atoms in total. The molecule has 1 aromatic carbocycles. The summed E-state index contributed by atoms with van der Waals surface area (Å²) in [6.45, 7) is 3.38. The quantitative estimate of drug-likeness (QED) is 0.537. The Bertz CT molecular complexity index is 774. The molecule has 7 heteroatoms. The second kappa shape index (κ2) is 8.20. The van der Waals surface area contributed by atoms with Crippen LogP contribution in [-0.2, 0) is 15.7 Å². The Hall–Kier alpha value is -2.28. The number of carbonyl (C=O) groups excluding carboxylic acids is 1. The summed E-state index contributed by atoms with van der Waals surface area (Å²) in [6, 6.07) is 7.26. The number of nitrogens with zero attached hydrogens (tertiary/aromatic N) is 1. The van der Waals surface area contributed by atoms with Crippen molar-refractivity contribution < 1.29 is 22.7 Å². The zero-order valence-corrected chi connectivity index (χ0v) is 14.4. The molecule has 0 radical (unpaired) electrons. The molecule has 0 atom stereocenters. The number of halogens is 3. The monoisotopic (exact) mass is 367 g/mol. The van der Waals surface area contributed by atoms with E-state index in [4.69, 9.17) is 4.74 Å².